The summed E-state index contributed by atoms with van der Waals surface area (Å²) in [5.41, 5.74) is -0.798. The zero-order chi connectivity index (χ0) is 15.9. The number of nitrogens with zero attached hydrogens (tertiary/aromatic N) is 1. The Hall–Kier alpha value is -1.30. The van der Waals surface area contributed by atoms with Crippen molar-refractivity contribution in [3.63, 3.8) is 0 Å². The molecule has 2 amide bonds. The lowest BCUT2D eigenvalue weighted by atomic mass is 9.74. The van der Waals surface area contributed by atoms with Crippen molar-refractivity contribution in [3.8, 4) is 0 Å². The molecule has 0 radical (unpaired) electrons. The fourth-order valence-electron chi connectivity index (χ4n) is 2.55. The van der Waals surface area contributed by atoms with E-state index >= 15 is 0 Å². The average Bonchev–Trinajstić information content (AvgIpc) is 2.46. The number of rotatable bonds is 7. The van der Waals surface area contributed by atoms with Gasteiger partial charge in [0.1, 0.15) is 0 Å². The number of ether oxygens (including phenoxy) is 1. The number of hydrogen-bond donors (Lipinski definition) is 2. The van der Waals surface area contributed by atoms with Gasteiger partial charge in [-0.2, -0.15) is 0 Å². The van der Waals surface area contributed by atoms with Crippen LogP contribution in [0.4, 0.5) is 4.79 Å². The Morgan fingerprint density at radius 2 is 2.14 bits per heavy atom. The Morgan fingerprint density at radius 3 is 2.76 bits per heavy atom. The molecule has 0 spiro atoms. The number of carbonyl (C=O) groups excluding carboxylic acids is 1. The van der Waals surface area contributed by atoms with E-state index in [1.165, 1.54) is 0 Å². The van der Waals surface area contributed by atoms with Crippen LogP contribution in [-0.4, -0.2) is 54.9 Å². The Bertz CT molecular complexity index is 358. The zero-order valence-electron chi connectivity index (χ0n) is 13.4. The molecule has 2 N–H and O–H groups in total. The minimum Gasteiger partial charge on any atom is -0.481 e. The Labute approximate surface area is 126 Å². The van der Waals surface area contributed by atoms with Gasteiger partial charge < -0.3 is 20.1 Å². The molecule has 1 aliphatic rings. The first kappa shape index (κ1) is 17.8. The van der Waals surface area contributed by atoms with E-state index in [0.29, 0.717) is 32.8 Å². The van der Waals surface area contributed by atoms with Crippen LogP contribution in [0.25, 0.3) is 0 Å². The zero-order valence-corrected chi connectivity index (χ0v) is 13.4. The predicted octanol–water partition coefficient (Wildman–Crippen LogP) is 1.95. The van der Waals surface area contributed by atoms with Gasteiger partial charge in [0, 0.05) is 32.8 Å². The van der Waals surface area contributed by atoms with Gasteiger partial charge in [-0.3, -0.25) is 4.79 Å². The van der Waals surface area contributed by atoms with Crippen molar-refractivity contribution in [2.45, 2.75) is 40.0 Å². The largest absolute Gasteiger partial charge is 0.481 e. The van der Waals surface area contributed by atoms with E-state index in [2.05, 4.69) is 5.32 Å². The number of nitrogens with one attached hydrogen (secondary N) is 1. The van der Waals surface area contributed by atoms with Crippen LogP contribution in [0.15, 0.2) is 0 Å². The highest BCUT2D eigenvalue weighted by Crippen LogP contribution is 2.34. The molecule has 1 unspecified atom stereocenters. The van der Waals surface area contributed by atoms with Gasteiger partial charge in [-0.1, -0.05) is 0 Å². The first-order valence-corrected chi connectivity index (χ1v) is 7.73. The second kappa shape index (κ2) is 8.22. The van der Waals surface area contributed by atoms with E-state index in [4.69, 9.17) is 4.74 Å². The van der Waals surface area contributed by atoms with Crippen LogP contribution in [0.5, 0.6) is 0 Å². The normalized spacial score (nSPS) is 19.4. The van der Waals surface area contributed by atoms with E-state index in [1.807, 2.05) is 6.92 Å². The molecule has 6 heteroatoms. The highest BCUT2D eigenvalue weighted by molar-refractivity contribution is 5.76. The van der Waals surface area contributed by atoms with Crippen molar-refractivity contribution < 1.29 is 19.4 Å². The summed E-state index contributed by atoms with van der Waals surface area (Å²) in [6.07, 6.45) is 2.50. The Morgan fingerprint density at radius 1 is 1.43 bits per heavy atom. The number of carboxylic acids is 1. The maximum absolute atomic E-state index is 12.1. The Kier molecular flexibility index (Phi) is 6.95. The molecular weight excluding hydrogens is 272 g/mol. The molecule has 6 nitrogen and oxygen atoms in total. The van der Waals surface area contributed by atoms with Gasteiger partial charge in [0.25, 0.3) is 0 Å². The van der Waals surface area contributed by atoms with E-state index in [0.717, 1.165) is 19.3 Å². The molecule has 0 aromatic rings. The average molecular weight is 300 g/mol. The van der Waals surface area contributed by atoms with Crippen molar-refractivity contribution in [1.82, 2.24) is 10.2 Å². The predicted molar refractivity (Wildman–Crippen MR) is 80.2 cm³/mol. The Balaban J connectivity index is 2.41. The number of likely N-dealkylation sites (tertiary alicyclic amines) is 1. The lowest BCUT2D eigenvalue weighted by molar-refractivity contribution is -0.151. The molecule has 0 aromatic carbocycles. The smallest absolute Gasteiger partial charge is 0.317 e. The number of hydrogen-bond acceptors (Lipinski definition) is 3. The monoisotopic (exact) mass is 300 g/mol. The van der Waals surface area contributed by atoms with Gasteiger partial charge in [-0.15, -0.1) is 0 Å². The molecular formula is C15H28N2O4. The summed E-state index contributed by atoms with van der Waals surface area (Å²) < 4.78 is 5.22. The molecule has 1 atom stereocenters. The molecule has 0 bridgehead atoms. The number of piperidine rings is 1. The standard InChI is InChI=1S/C15H28N2O4/c1-4-21-10-6-8-16-14(20)17-9-5-7-12(11-17)15(2,3)13(18)19/h12H,4-11H2,1-3H3,(H,16,20)(H,18,19). The van der Waals surface area contributed by atoms with Gasteiger partial charge in [-0.05, 0) is 46.0 Å². The maximum atomic E-state index is 12.1. The molecule has 21 heavy (non-hydrogen) atoms. The van der Waals surface area contributed by atoms with Gasteiger partial charge in [0.15, 0.2) is 0 Å². The maximum Gasteiger partial charge on any atom is 0.317 e. The number of urea groups is 1. The van der Waals surface area contributed by atoms with Crippen LogP contribution >= 0.6 is 0 Å². The summed E-state index contributed by atoms with van der Waals surface area (Å²) >= 11 is 0. The molecule has 0 saturated carbocycles. The second-order valence-electron chi connectivity index (χ2n) is 6.09. The third-order valence-electron chi connectivity index (χ3n) is 4.23. The molecule has 1 aliphatic heterocycles. The quantitative estimate of drug-likeness (QED) is 0.704. The summed E-state index contributed by atoms with van der Waals surface area (Å²) in [4.78, 5) is 25.2. The molecule has 1 rings (SSSR count). The van der Waals surface area contributed by atoms with Crippen LogP contribution in [0, 0.1) is 11.3 Å². The second-order valence-corrected chi connectivity index (χ2v) is 6.09. The molecule has 1 saturated heterocycles. The van der Waals surface area contributed by atoms with Crippen molar-refractivity contribution in [2.75, 3.05) is 32.8 Å². The number of amides is 2. The summed E-state index contributed by atoms with van der Waals surface area (Å²) in [7, 11) is 0. The number of carbonyl (C=O) groups is 2. The van der Waals surface area contributed by atoms with Gasteiger partial charge in [0.05, 0.1) is 5.41 Å². The van der Waals surface area contributed by atoms with Crippen molar-refractivity contribution in [3.05, 3.63) is 0 Å². The van der Waals surface area contributed by atoms with E-state index in [9.17, 15) is 14.7 Å². The molecule has 1 fully saturated rings. The number of aliphatic carboxylic acids is 1. The molecule has 0 aliphatic carbocycles. The van der Waals surface area contributed by atoms with Gasteiger partial charge >= 0.3 is 12.0 Å². The first-order chi connectivity index (χ1) is 9.89. The van der Waals surface area contributed by atoms with Crippen molar-refractivity contribution in [1.29, 1.82) is 0 Å². The van der Waals surface area contributed by atoms with Crippen LogP contribution in [-0.2, 0) is 9.53 Å². The van der Waals surface area contributed by atoms with E-state index < -0.39 is 11.4 Å². The number of carboxylic acid groups (broad SMARTS) is 1. The SMILES string of the molecule is CCOCCCNC(=O)N1CCCC(C(C)(C)C(=O)O)C1. The fourth-order valence-corrected chi connectivity index (χ4v) is 2.55. The lowest BCUT2D eigenvalue weighted by Crippen LogP contribution is -2.50. The lowest BCUT2D eigenvalue weighted by Gasteiger charge is -2.39. The summed E-state index contributed by atoms with van der Waals surface area (Å²) in [5.74, 6) is -0.801. The molecule has 0 aromatic heterocycles. The first-order valence-electron chi connectivity index (χ1n) is 7.73. The summed E-state index contributed by atoms with van der Waals surface area (Å²) in [5, 5.41) is 12.2. The minimum absolute atomic E-state index is 0.00192. The van der Waals surface area contributed by atoms with Crippen LogP contribution in [0.2, 0.25) is 0 Å². The highest BCUT2D eigenvalue weighted by Gasteiger charge is 2.39. The molecule has 1 heterocycles. The summed E-state index contributed by atoms with van der Waals surface area (Å²) in [6, 6.07) is -0.0996. The molecule has 122 valence electrons. The topological polar surface area (TPSA) is 78.9 Å². The van der Waals surface area contributed by atoms with Crippen LogP contribution < -0.4 is 5.32 Å². The van der Waals surface area contributed by atoms with Gasteiger partial charge in [-0.25, -0.2) is 4.79 Å². The third kappa shape index (κ3) is 5.19. The van der Waals surface area contributed by atoms with Gasteiger partial charge in [0.2, 0.25) is 0 Å². The highest BCUT2D eigenvalue weighted by atomic mass is 16.5. The van der Waals surface area contributed by atoms with E-state index in [1.54, 1.807) is 18.7 Å². The van der Waals surface area contributed by atoms with Crippen molar-refractivity contribution in [2.24, 2.45) is 11.3 Å². The third-order valence-corrected chi connectivity index (χ3v) is 4.23. The van der Waals surface area contributed by atoms with Crippen LogP contribution in [0.3, 0.4) is 0 Å². The van der Waals surface area contributed by atoms with Crippen molar-refractivity contribution >= 4 is 12.0 Å². The minimum atomic E-state index is -0.800. The van der Waals surface area contributed by atoms with Crippen LogP contribution in [0.1, 0.15) is 40.0 Å². The fraction of sp³-hybridized carbons (Fsp3) is 0.867. The van der Waals surface area contributed by atoms with E-state index in [-0.39, 0.29) is 11.9 Å². The summed E-state index contributed by atoms with van der Waals surface area (Å²) in [6.45, 7) is 8.55.